The van der Waals surface area contributed by atoms with Gasteiger partial charge in [-0.05, 0) is 32.2 Å². The molecule has 0 aliphatic carbocycles. The summed E-state index contributed by atoms with van der Waals surface area (Å²) < 4.78 is 0. The molecule has 0 spiro atoms. The molecule has 1 fully saturated rings. The first-order chi connectivity index (χ1) is 8.91. The number of hydrogen-bond acceptors (Lipinski definition) is 3. The molecule has 1 atom stereocenters. The zero-order valence-electron chi connectivity index (χ0n) is 13.9. The maximum atomic E-state index is 3.64. The van der Waals surface area contributed by atoms with Gasteiger partial charge < -0.3 is 5.32 Å². The second-order valence-corrected chi connectivity index (χ2v) is 7.03. The van der Waals surface area contributed by atoms with E-state index in [0.717, 1.165) is 24.9 Å². The van der Waals surface area contributed by atoms with E-state index in [-0.39, 0.29) is 0 Å². The van der Waals surface area contributed by atoms with E-state index in [1.165, 1.54) is 26.2 Å². The molecule has 0 radical (unpaired) electrons. The maximum absolute atomic E-state index is 3.64. The Morgan fingerprint density at radius 3 is 1.74 bits per heavy atom. The van der Waals surface area contributed by atoms with Gasteiger partial charge in [0.1, 0.15) is 0 Å². The van der Waals surface area contributed by atoms with E-state index in [1.807, 2.05) is 0 Å². The highest BCUT2D eigenvalue weighted by Crippen LogP contribution is 2.14. The standard InChI is InChI=1S/C16H35N3/c1-13(2)11-17-12-16(14(3)4)19-9-7-18(8-10-19)15(5)6/h13-17H,7-12H2,1-6H3. The van der Waals surface area contributed by atoms with Gasteiger partial charge in [0, 0.05) is 44.8 Å². The monoisotopic (exact) mass is 269 g/mol. The topological polar surface area (TPSA) is 18.5 Å². The quantitative estimate of drug-likeness (QED) is 0.765. The molecule has 0 bridgehead atoms. The van der Waals surface area contributed by atoms with Crippen LogP contribution in [0.3, 0.4) is 0 Å². The van der Waals surface area contributed by atoms with Gasteiger partial charge in [0.2, 0.25) is 0 Å². The van der Waals surface area contributed by atoms with E-state index in [1.54, 1.807) is 0 Å². The van der Waals surface area contributed by atoms with Crippen LogP contribution in [0.15, 0.2) is 0 Å². The van der Waals surface area contributed by atoms with Crippen LogP contribution >= 0.6 is 0 Å². The summed E-state index contributed by atoms with van der Waals surface area (Å²) in [5.74, 6) is 1.47. The average Bonchev–Trinajstić information content (AvgIpc) is 2.34. The minimum absolute atomic E-state index is 0.688. The predicted octanol–water partition coefficient (Wildman–Crippen LogP) is 2.28. The second kappa shape index (κ2) is 8.23. The van der Waals surface area contributed by atoms with Crippen molar-refractivity contribution in [2.24, 2.45) is 11.8 Å². The lowest BCUT2D eigenvalue weighted by Gasteiger charge is -2.42. The van der Waals surface area contributed by atoms with Crippen LogP contribution in [0.25, 0.3) is 0 Å². The van der Waals surface area contributed by atoms with Crippen molar-refractivity contribution in [3.8, 4) is 0 Å². The zero-order chi connectivity index (χ0) is 14.4. The summed E-state index contributed by atoms with van der Waals surface area (Å²) in [4.78, 5) is 5.28. The van der Waals surface area contributed by atoms with Gasteiger partial charge >= 0.3 is 0 Å². The minimum Gasteiger partial charge on any atom is -0.315 e. The van der Waals surface area contributed by atoms with Crippen molar-refractivity contribution in [2.75, 3.05) is 39.3 Å². The highest BCUT2D eigenvalue weighted by molar-refractivity contribution is 4.83. The van der Waals surface area contributed by atoms with Crippen LogP contribution < -0.4 is 5.32 Å². The van der Waals surface area contributed by atoms with Crippen LogP contribution in [0.5, 0.6) is 0 Å². The van der Waals surface area contributed by atoms with Gasteiger partial charge in [0.25, 0.3) is 0 Å². The molecule has 0 aromatic rings. The van der Waals surface area contributed by atoms with E-state index in [9.17, 15) is 0 Å². The van der Waals surface area contributed by atoms with Crippen LogP contribution in [0.2, 0.25) is 0 Å². The molecule has 0 saturated carbocycles. The average molecular weight is 269 g/mol. The largest absolute Gasteiger partial charge is 0.315 e. The van der Waals surface area contributed by atoms with E-state index >= 15 is 0 Å². The van der Waals surface area contributed by atoms with Crippen molar-refractivity contribution in [2.45, 2.75) is 53.6 Å². The second-order valence-electron chi connectivity index (χ2n) is 7.03. The van der Waals surface area contributed by atoms with Gasteiger partial charge in [-0.2, -0.15) is 0 Å². The van der Waals surface area contributed by atoms with Gasteiger partial charge in [0.15, 0.2) is 0 Å². The molecule has 1 aliphatic heterocycles. The third kappa shape index (κ3) is 5.80. The molecule has 3 nitrogen and oxygen atoms in total. The van der Waals surface area contributed by atoms with Crippen LogP contribution in [0.1, 0.15) is 41.5 Å². The fourth-order valence-corrected chi connectivity index (χ4v) is 2.89. The molecule has 0 amide bonds. The number of hydrogen-bond donors (Lipinski definition) is 1. The molecule has 1 heterocycles. The fraction of sp³-hybridized carbons (Fsp3) is 1.00. The molecule has 19 heavy (non-hydrogen) atoms. The highest BCUT2D eigenvalue weighted by Gasteiger charge is 2.26. The van der Waals surface area contributed by atoms with E-state index in [0.29, 0.717) is 12.1 Å². The van der Waals surface area contributed by atoms with E-state index < -0.39 is 0 Å². The Balaban J connectivity index is 2.40. The van der Waals surface area contributed by atoms with Gasteiger partial charge in [-0.3, -0.25) is 9.80 Å². The first-order valence-corrected chi connectivity index (χ1v) is 8.10. The Labute approximate surface area is 120 Å². The smallest absolute Gasteiger partial charge is 0.0244 e. The molecule has 1 rings (SSSR count). The molecule has 1 aliphatic rings. The molecule has 114 valence electrons. The summed E-state index contributed by atoms with van der Waals surface area (Å²) in [6.07, 6.45) is 0. The number of piperazine rings is 1. The lowest BCUT2D eigenvalue weighted by atomic mass is 10.0. The first-order valence-electron chi connectivity index (χ1n) is 8.10. The van der Waals surface area contributed by atoms with Crippen LogP contribution in [0, 0.1) is 11.8 Å². The van der Waals surface area contributed by atoms with Crippen LogP contribution in [-0.4, -0.2) is 61.2 Å². The Morgan fingerprint density at radius 1 is 0.789 bits per heavy atom. The van der Waals surface area contributed by atoms with Crippen molar-refractivity contribution >= 4 is 0 Å². The summed E-state index contributed by atoms with van der Waals surface area (Å²) in [7, 11) is 0. The first kappa shape index (κ1) is 16.9. The molecule has 1 saturated heterocycles. The van der Waals surface area contributed by atoms with Crippen molar-refractivity contribution in [1.82, 2.24) is 15.1 Å². The third-order valence-electron chi connectivity index (χ3n) is 4.22. The normalized spacial score (nSPS) is 20.7. The maximum Gasteiger partial charge on any atom is 0.0244 e. The van der Waals surface area contributed by atoms with Crippen molar-refractivity contribution in [3.63, 3.8) is 0 Å². The number of nitrogens with zero attached hydrogens (tertiary/aromatic N) is 2. The van der Waals surface area contributed by atoms with Gasteiger partial charge in [-0.1, -0.05) is 27.7 Å². The molecule has 3 heteroatoms. The lowest BCUT2D eigenvalue weighted by molar-refractivity contribution is 0.0613. The van der Waals surface area contributed by atoms with E-state index in [2.05, 4.69) is 56.7 Å². The van der Waals surface area contributed by atoms with Gasteiger partial charge in [0.05, 0.1) is 0 Å². The highest BCUT2D eigenvalue weighted by atomic mass is 15.3. The molecule has 0 aromatic heterocycles. The van der Waals surface area contributed by atoms with Crippen molar-refractivity contribution < 1.29 is 0 Å². The summed E-state index contributed by atoms with van der Waals surface area (Å²) in [5, 5.41) is 3.64. The Hall–Kier alpha value is -0.120. The molecular formula is C16H35N3. The number of nitrogens with one attached hydrogen (secondary N) is 1. The Morgan fingerprint density at radius 2 is 1.32 bits per heavy atom. The van der Waals surface area contributed by atoms with Crippen molar-refractivity contribution in [3.05, 3.63) is 0 Å². The van der Waals surface area contributed by atoms with Gasteiger partial charge in [-0.15, -0.1) is 0 Å². The lowest BCUT2D eigenvalue weighted by Crippen LogP contribution is -2.55. The SMILES string of the molecule is CC(C)CNCC(C(C)C)N1CCN(C(C)C)CC1. The predicted molar refractivity (Wildman–Crippen MR) is 84.6 cm³/mol. The van der Waals surface area contributed by atoms with Crippen LogP contribution in [0.4, 0.5) is 0 Å². The summed E-state index contributed by atoms with van der Waals surface area (Å²) in [6, 6.07) is 1.38. The van der Waals surface area contributed by atoms with E-state index in [4.69, 9.17) is 0 Å². The van der Waals surface area contributed by atoms with Gasteiger partial charge in [-0.25, -0.2) is 0 Å². The molecule has 1 N–H and O–H groups in total. The fourth-order valence-electron chi connectivity index (χ4n) is 2.89. The third-order valence-corrected chi connectivity index (χ3v) is 4.22. The van der Waals surface area contributed by atoms with Crippen LogP contribution in [-0.2, 0) is 0 Å². The molecular weight excluding hydrogens is 234 g/mol. The summed E-state index contributed by atoms with van der Waals surface area (Å²) in [6.45, 7) is 21.1. The summed E-state index contributed by atoms with van der Waals surface area (Å²) >= 11 is 0. The minimum atomic E-state index is 0.688. The number of rotatable bonds is 7. The van der Waals surface area contributed by atoms with Crippen molar-refractivity contribution in [1.29, 1.82) is 0 Å². The Bertz CT molecular complexity index is 230. The molecule has 0 aromatic carbocycles. The summed E-state index contributed by atoms with van der Waals surface area (Å²) in [5.41, 5.74) is 0. The molecule has 1 unspecified atom stereocenters. The Kier molecular flexibility index (Phi) is 7.33. The zero-order valence-corrected chi connectivity index (χ0v) is 13.9.